The summed E-state index contributed by atoms with van der Waals surface area (Å²) in [5, 5.41) is 8.82. The summed E-state index contributed by atoms with van der Waals surface area (Å²) in [5.74, 6) is -0.130. The topological polar surface area (TPSA) is 46.5 Å². The van der Waals surface area contributed by atoms with E-state index in [9.17, 15) is 4.79 Å². The molecule has 0 spiro atoms. The van der Waals surface area contributed by atoms with Crippen molar-refractivity contribution in [1.82, 2.24) is 0 Å². The maximum absolute atomic E-state index is 10.7. The molecule has 1 aromatic rings. The molecule has 0 aromatic heterocycles. The number of hydrogen-bond donors (Lipinski definition) is 1. The summed E-state index contributed by atoms with van der Waals surface area (Å²) < 4.78 is 5.28. The van der Waals surface area contributed by atoms with Crippen LogP contribution in [0.15, 0.2) is 6.07 Å². The van der Waals surface area contributed by atoms with E-state index >= 15 is 0 Å². The van der Waals surface area contributed by atoms with E-state index < -0.39 is 5.97 Å². The number of rotatable bonds is 3. The van der Waals surface area contributed by atoms with Crippen molar-refractivity contribution in [3.05, 3.63) is 28.3 Å². The average molecular weight is 208 g/mol. The molecule has 1 N–H and O–H groups in total. The molecule has 0 bridgehead atoms. The lowest BCUT2D eigenvalue weighted by Gasteiger charge is -2.15. The largest absolute Gasteiger partial charge is 0.496 e. The molecule has 0 heterocycles. The van der Waals surface area contributed by atoms with E-state index in [2.05, 4.69) is 0 Å². The molecule has 1 aromatic carbocycles. The van der Waals surface area contributed by atoms with Crippen LogP contribution in [0.3, 0.4) is 0 Å². The van der Waals surface area contributed by atoms with Crippen LogP contribution in [-0.2, 0) is 11.2 Å². The summed E-state index contributed by atoms with van der Waals surface area (Å²) in [4.78, 5) is 10.7. The average Bonchev–Trinajstić information content (AvgIpc) is 2.14. The Balaban J connectivity index is 3.35. The van der Waals surface area contributed by atoms with Gasteiger partial charge in [-0.05, 0) is 37.5 Å². The van der Waals surface area contributed by atoms with Crippen LogP contribution in [0.2, 0.25) is 0 Å². The van der Waals surface area contributed by atoms with E-state index in [4.69, 9.17) is 9.84 Å². The van der Waals surface area contributed by atoms with Crippen LogP contribution in [0, 0.1) is 20.8 Å². The Morgan fingerprint density at radius 2 is 1.93 bits per heavy atom. The Hall–Kier alpha value is -1.51. The molecule has 0 aliphatic heterocycles. The molecule has 0 aliphatic carbocycles. The molecule has 0 amide bonds. The highest BCUT2D eigenvalue weighted by Crippen LogP contribution is 2.29. The summed E-state index contributed by atoms with van der Waals surface area (Å²) in [6.45, 7) is 5.85. The first-order valence-electron chi connectivity index (χ1n) is 4.82. The maximum atomic E-state index is 10.7. The summed E-state index contributed by atoms with van der Waals surface area (Å²) in [6, 6.07) is 2.00. The number of benzene rings is 1. The van der Waals surface area contributed by atoms with Crippen molar-refractivity contribution >= 4 is 5.97 Å². The van der Waals surface area contributed by atoms with E-state index in [0.29, 0.717) is 5.75 Å². The monoisotopic (exact) mass is 208 g/mol. The molecule has 3 heteroatoms. The summed E-state index contributed by atoms with van der Waals surface area (Å²) in [5.41, 5.74) is 3.88. The van der Waals surface area contributed by atoms with Crippen molar-refractivity contribution in [3.63, 3.8) is 0 Å². The molecule has 15 heavy (non-hydrogen) atoms. The van der Waals surface area contributed by atoms with Crippen LogP contribution in [0.1, 0.15) is 22.3 Å². The Morgan fingerprint density at radius 1 is 1.33 bits per heavy atom. The zero-order valence-electron chi connectivity index (χ0n) is 9.55. The van der Waals surface area contributed by atoms with E-state index in [1.807, 2.05) is 26.8 Å². The van der Waals surface area contributed by atoms with E-state index in [1.165, 1.54) is 0 Å². The molecule has 0 saturated carbocycles. The van der Waals surface area contributed by atoms with Gasteiger partial charge in [0, 0.05) is 5.56 Å². The molecule has 0 fully saturated rings. The molecule has 3 nitrogen and oxygen atoms in total. The predicted octanol–water partition coefficient (Wildman–Crippen LogP) is 2.25. The van der Waals surface area contributed by atoms with Gasteiger partial charge in [0.15, 0.2) is 0 Å². The zero-order chi connectivity index (χ0) is 11.6. The quantitative estimate of drug-likeness (QED) is 0.828. The number of carboxylic acid groups (broad SMARTS) is 1. The molecule has 0 unspecified atom stereocenters. The molecule has 0 aliphatic rings. The highest BCUT2D eigenvalue weighted by molar-refractivity contribution is 5.72. The predicted molar refractivity (Wildman–Crippen MR) is 58.5 cm³/mol. The van der Waals surface area contributed by atoms with Crippen LogP contribution in [-0.4, -0.2) is 18.2 Å². The van der Waals surface area contributed by atoms with Gasteiger partial charge in [-0.1, -0.05) is 6.07 Å². The molecule has 1 rings (SSSR count). The zero-order valence-corrected chi connectivity index (χ0v) is 9.55. The van der Waals surface area contributed by atoms with Gasteiger partial charge in [0.1, 0.15) is 5.75 Å². The van der Waals surface area contributed by atoms with Gasteiger partial charge in [0.05, 0.1) is 13.5 Å². The minimum Gasteiger partial charge on any atom is -0.496 e. The van der Waals surface area contributed by atoms with Gasteiger partial charge in [0.2, 0.25) is 0 Å². The SMILES string of the molecule is COc1c(C)c(C)cc(C)c1CC(=O)O. The van der Waals surface area contributed by atoms with Gasteiger partial charge in [0.25, 0.3) is 0 Å². The summed E-state index contributed by atoms with van der Waals surface area (Å²) in [7, 11) is 1.58. The lowest BCUT2D eigenvalue weighted by Crippen LogP contribution is -2.06. The third-order valence-corrected chi connectivity index (χ3v) is 2.65. The maximum Gasteiger partial charge on any atom is 0.307 e. The molecular formula is C12H16O3. The van der Waals surface area contributed by atoms with Crippen LogP contribution in [0.25, 0.3) is 0 Å². The van der Waals surface area contributed by atoms with Gasteiger partial charge in [-0.3, -0.25) is 4.79 Å². The third-order valence-electron chi connectivity index (χ3n) is 2.65. The second kappa shape index (κ2) is 4.34. The van der Waals surface area contributed by atoms with Gasteiger partial charge >= 0.3 is 5.97 Å². The lowest BCUT2D eigenvalue weighted by atomic mass is 9.97. The first kappa shape index (κ1) is 11.6. The lowest BCUT2D eigenvalue weighted by molar-refractivity contribution is -0.136. The van der Waals surface area contributed by atoms with Crippen molar-refractivity contribution in [2.24, 2.45) is 0 Å². The third kappa shape index (κ3) is 2.29. The van der Waals surface area contributed by atoms with Gasteiger partial charge in [-0.15, -0.1) is 0 Å². The molecule has 0 saturated heterocycles. The number of hydrogen-bond acceptors (Lipinski definition) is 2. The van der Waals surface area contributed by atoms with Crippen molar-refractivity contribution in [3.8, 4) is 5.75 Å². The summed E-state index contributed by atoms with van der Waals surface area (Å²) >= 11 is 0. The first-order valence-corrected chi connectivity index (χ1v) is 4.82. The Kier molecular flexibility index (Phi) is 3.35. The fourth-order valence-corrected chi connectivity index (χ4v) is 1.75. The second-order valence-corrected chi connectivity index (χ2v) is 3.72. The van der Waals surface area contributed by atoms with E-state index in [-0.39, 0.29) is 6.42 Å². The molecule has 82 valence electrons. The number of aliphatic carboxylic acids is 1. The number of methoxy groups -OCH3 is 1. The van der Waals surface area contributed by atoms with Gasteiger partial charge < -0.3 is 9.84 Å². The molecular weight excluding hydrogens is 192 g/mol. The molecule has 0 atom stereocenters. The van der Waals surface area contributed by atoms with Crippen molar-refractivity contribution in [2.75, 3.05) is 7.11 Å². The number of carbonyl (C=O) groups is 1. The minimum atomic E-state index is -0.834. The summed E-state index contributed by atoms with van der Waals surface area (Å²) in [6.07, 6.45) is 0.0100. The van der Waals surface area contributed by atoms with Gasteiger partial charge in [-0.2, -0.15) is 0 Å². The highest BCUT2D eigenvalue weighted by atomic mass is 16.5. The van der Waals surface area contributed by atoms with E-state index in [1.54, 1.807) is 7.11 Å². The Labute approximate surface area is 89.7 Å². The van der Waals surface area contributed by atoms with Crippen molar-refractivity contribution in [1.29, 1.82) is 0 Å². The number of aryl methyl sites for hydroxylation is 2. The fraction of sp³-hybridized carbons (Fsp3) is 0.417. The van der Waals surface area contributed by atoms with Crippen LogP contribution < -0.4 is 4.74 Å². The van der Waals surface area contributed by atoms with Crippen molar-refractivity contribution in [2.45, 2.75) is 27.2 Å². The second-order valence-electron chi connectivity index (χ2n) is 3.72. The van der Waals surface area contributed by atoms with Gasteiger partial charge in [-0.25, -0.2) is 0 Å². The van der Waals surface area contributed by atoms with Crippen LogP contribution in [0.4, 0.5) is 0 Å². The van der Waals surface area contributed by atoms with Crippen LogP contribution in [0.5, 0.6) is 5.75 Å². The smallest absolute Gasteiger partial charge is 0.307 e. The highest BCUT2D eigenvalue weighted by Gasteiger charge is 2.14. The minimum absolute atomic E-state index is 0.0100. The normalized spacial score (nSPS) is 10.1. The van der Waals surface area contributed by atoms with Crippen LogP contribution >= 0.6 is 0 Å². The molecule has 0 radical (unpaired) electrons. The van der Waals surface area contributed by atoms with Crippen molar-refractivity contribution < 1.29 is 14.6 Å². The number of ether oxygens (including phenoxy) is 1. The standard InChI is InChI=1S/C12H16O3/c1-7-5-8(2)10(6-11(13)14)12(15-4)9(7)3/h5H,6H2,1-4H3,(H,13,14). The Morgan fingerprint density at radius 3 is 2.40 bits per heavy atom. The fourth-order valence-electron chi connectivity index (χ4n) is 1.75. The first-order chi connectivity index (χ1) is 6.97. The number of carboxylic acids is 1. The Bertz CT molecular complexity index is 394. The van der Waals surface area contributed by atoms with E-state index in [0.717, 1.165) is 22.3 Å².